The standard InChI is InChI=1S/C13H13NO2S/c1-9-14-12(8-17-9)13(15)7-10-4-3-5-11(6-10)16-2/h3-6,8H,7H2,1-2H3. The summed E-state index contributed by atoms with van der Waals surface area (Å²) in [5, 5.41) is 2.72. The van der Waals surface area contributed by atoms with E-state index < -0.39 is 0 Å². The van der Waals surface area contributed by atoms with Crippen LogP contribution in [-0.2, 0) is 6.42 Å². The Morgan fingerprint density at radius 1 is 1.47 bits per heavy atom. The number of aromatic nitrogens is 1. The highest BCUT2D eigenvalue weighted by atomic mass is 32.1. The van der Waals surface area contributed by atoms with E-state index in [2.05, 4.69) is 4.98 Å². The third kappa shape index (κ3) is 2.91. The molecule has 1 aromatic heterocycles. The van der Waals surface area contributed by atoms with Gasteiger partial charge < -0.3 is 4.74 Å². The number of aryl methyl sites for hydroxylation is 1. The topological polar surface area (TPSA) is 39.2 Å². The lowest BCUT2D eigenvalue weighted by Crippen LogP contribution is -2.04. The van der Waals surface area contributed by atoms with Crippen molar-refractivity contribution in [2.45, 2.75) is 13.3 Å². The maximum Gasteiger partial charge on any atom is 0.186 e. The normalized spacial score (nSPS) is 10.2. The highest BCUT2D eigenvalue weighted by molar-refractivity contribution is 7.09. The van der Waals surface area contributed by atoms with Crippen LogP contribution < -0.4 is 4.74 Å². The molecule has 0 radical (unpaired) electrons. The van der Waals surface area contributed by atoms with Crippen molar-refractivity contribution in [1.29, 1.82) is 0 Å². The van der Waals surface area contributed by atoms with Crippen LogP contribution in [-0.4, -0.2) is 17.9 Å². The molecule has 0 bridgehead atoms. The zero-order chi connectivity index (χ0) is 12.3. The van der Waals surface area contributed by atoms with Crippen LogP contribution in [0.2, 0.25) is 0 Å². The fourth-order valence-corrected chi connectivity index (χ4v) is 2.17. The molecule has 0 aliphatic rings. The van der Waals surface area contributed by atoms with Gasteiger partial charge in [-0.15, -0.1) is 11.3 Å². The number of nitrogens with zero attached hydrogens (tertiary/aromatic N) is 1. The molecule has 0 fully saturated rings. The quantitative estimate of drug-likeness (QED) is 0.780. The van der Waals surface area contributed by atoms with Crippen LogP contribution in [0.15, 0.2) is 29.6 Å². The van der Waals surface area contributed by atoms with Gasteiger partial charge in [0.1, 0.15) is 11.4 Å². The number of hydrogen-bond donors (Lipinski definition) is 0. The molecule has 17 heavy (non-hydrogen) atoms. The summed E-state index contributed by atoms with van der Waals surface area (Å²) in [6.45, 7) is 1.90. The minimum Gasteiger partial charge on any atom is -0.497 e. The van der Waals surface area contributed by atoms with E-state index in [1.54, 1.807) is 12.5 Å². The lowest BCUT2D eigenvalue weighted by molar-refractivity contribution is 0.0988. The van der Waals surface area contributed by atoms with Crippen LogP contribution in [0.1, 0.15) is 21.1 Å². The Bertz CT molecular complexity index is 534. The Morgan fingerprint density at radius 2 is 2.29 bits per heavy atom. The van der Waals surface area contributed by atoms with Gasteiger partial charge in [-0.2, -0.15) is 0 Å². The largest absolute Gasteiger partial charge is 0.497 e. The zero-order valence-corrected chi connectivity index (χ0v) is 10.6. The number of methoxy groups -OCH3 is 1. The van der Waals surface area contributed by atoms with Gasteiger partial charge in [0.05, 0.1) is 12.1 Å². The number of rotatable bonds is 4. The molecule has 3 nitrogen and oxygen atoms in total. The molecule has 0 saturated carbocycles. The fraction of sp³-hybridized carbons (Fsp3) is 0.231. The van der Waals surface area contributed by atoms with Crippen LogP contribution in [0.5, 0.6) is 5.75 Å². The SMILES string of the molecule is COc1cccc(CC(=O)c2csc(C)n2)c1. The first-order valence-electron chi connectivity index (χ1n) is 5.27. The van der Waals surface area contributed by atoms with Gasteiger partial charge in [0, 0.05) is 11.8 Å². The van der Waals surface area contributed by atoms with Crippen LogP contribution in [0.4, 0.5) is 0 Å². The Labute approximate surface area is 104 Å². The van der Waals surface area contributed by atoms with Crippen molar-refractivity contribution in [3.8, 4) is 5.75 Å². The van der Waals surface area contributed by atoms with E-state index >= 15 is 0 Å². The molecular weight excluding hydrogens is 234 g/mol. The second-order valence-electron chi connectivity index (χ2n) is 3.70. The smallest absolute Gasteiger partial charge is 0.186 e. The molecule has 0 N–H and O–H groups in total. The maximum atomic E-state index is 11.9. The third-order valence-corrected chi connectivity index (χ3v) is 3.18. The second kappa shape index (κ2) is 5.10. The summed E-state index contributed by atoms with van der Waals surface area (Å²) in [5.74, 6) is 0.812. The molecule has 0 unspecified atom stereocenters. The number of ether oxygens (including phenoxy) is 1. The molecule has 0 aliphatic heterocycles. The number of Topliss-reactive ketones (excluding diaryl/α,β-unsaturated/α-hetero) is 1. The molecule has 0 amide bonds. The summed E-state index contributed by atoms with van der Waals surface area (Å²) in [7, 11) is 1.62. The average molecular weight is 247 g/mol. The molecule has 0 spiro atoms. The monoisotopic (exact) mass is 247 g/mol. The van der Waals surface area contributed by atoms with Gasteiger partial charge in [0.25, 0.3) is 0 Å². The number of carbonyl (C=O) groups excluding carboxylic acids is 1. The summed E-state index contributed by atoms with van der Waals surface area (Å²) < 4.78 is 5.12. The summed E-state index contributed by atoms with van der Waals surface area (Å²) in [6, 6.07) is 7.53. The van der Waals surface area contributed by atoms with Crippen LogP contribution in [0.25, 0.3) is 0 Å². The van der Waals surface area contributed by atoms with Gasteiger partial charge in [-0.25, -0.2) is 4.98 Å². The Hall–Kier alpha value is -1.68. The lowest BCUT2D eigenvalue weighted by Gasteiger charge is -2.02. The minimum atomic E-state index is 0.0441. The van der Waals surface area contributed by atoms with E-state index in [1.165, 1.54) is 11.3 Å². The van der Waals surface area contributed by atoms with Crippen LogP contribution >= 0.6 is 11.3 Å². The Kier molecular flexibility index (Phi) is 3.54. The molecule has 2 aromatic rings. The van der Waals surface area contributed by atoms with Gasteiger partial charge in [-0.1, -0.05) is 12.1 Å². The molecule has 0 atom stereocenters. The molecule has 88 valence electrons. The first-order chi connectivity index (χ1) is 8.19. The van der Waals surface area contributed by atoms with E-state index in [1.807, 2.05) is 31.2 Å². The van der Waals surface area contributed by atoms with Crippen molar-refractivity contribution >= 4 is 17.1 Å². The molecule has 1 aromatic carbocycles. The van der Waals surface area contributed by atoms with E-state index in [4.69, 9.17) is 4.74 Å². The van der Waals surface area contributed by atoms with Gasteiger partial charge in [-0.3, -0.25) is 4.79 Å². The molecule has 4 heteroatoms. The first kappa shape index (κ1) is 11.8. The predicted molar refractivity (Wildman–Crippen MR) is 67.9 cm³/mol. The third-order valence-electron chi connectivity index (χ3n) is 2.40. The van der Waals surface area contributed by atoms with E-state index in [9.17, 15) is 4.79 Å². The van der Waals surface area contributed by atoms with Gasteiger partial charge >= 0.3 is 0 Å². The zero-order valence-electron chi connectivity index (χ0n) is 9.77. The van der Waals surface area contributed by atoms with Crippen molar-refractivity contribution in [3.05, 3.63) is 45.9 Å². The van der Waals surface area contributed by atoms with Crippen molar-refractivity contribution in [2.24, 2.45) is 0 Å². The van der Waals surface area contributed by atoms with Crippen molar-refractivity contribution in [2.75, 3.05) is 7.11 Å². The number of hydrogen-bond acceptors (Lipinski definition) is 4. The average Bonchev–Trinajstić information content (AvgIpc) is 2.76. The summed E-state index contributed by atoms with van der Waals surface area (Å²) >= 11 is 1.49. The van der Waals surface area contributed by atoms with Crippen molar-refractivity contribution in [3.63, 3.8) is 0 Å². The molecule has 0 aliphatic carbocycles. The summed E-state index contributed by atoms with van der Waals surface area (Å²) in [4.78, 5) is 16.1. The lowest BCUT2D eigenvalue weighted by atomic mass is 10.1. The highest BCUT2D eigenvalue weighted by Gasteiger charge is 2.10. The molecule has 0 saturated heterocycles. The Morgan fingerprint density at radius 3 is 2.94 bits per heavy atom. The van der Waals surface area contributed by atoms with E-state index in [0.29, 0.717) is 12.1 Å². The summed E-state index contributed by atoms with van der Waals surface area (Å²) in [6.07, 6.45) is 0.361. The Balaban J connectivity index is 2.12. The molecule has 1 heterocycles. The number of carbonyl (C=O) groups is 1. The first-order valence-corrected chi connectivity index (χ1v) is 6.15. The van der Waals surface area contributed by atoms with Crippen molar-refractivity contribution < 1.29 is 9.53 Å². The highest BCUT2D eigenvalue weighted by Crippen LogP contribution is 2.15. The second-order valence-corrected chi connectivity index (χ2v) is 4.77. The molecule has 2 rings (SSSR count). The predicted octanol–water partition coefficient (Wildman–Crippen LogP) is 2.89. The van der Waals surface area contributed by atoms with Gasteiger partial charge in [0.15, 0.2) is 5.78 Å². The van der Waals surface area contributed by atoms with Gasteiger partial charge in [-0.05, 0) is 24.6 Å². The molecular formula is C13H13NO2S. The number of thiazole rings is 1. The van der Waals surface area contributed by atoms with Crippen LogP contribution in [0.3, 0.4) is 0 Å². The minimum absolute atomic E-state index is 0.0441. The maximum absolute atomic E-state index is 11.9. The summed E-state index contributed by atoms with van der Waals surface area (Å²) in [5.41, 5.74) is 1.50. The number of ketones is 1. The van der Waals surface area contributed by atoms with Crippen LogP contribution in [0, 0.1) is 6.92 Å². The number of benzene rings is 1. The van der Waals surface area contributed by atoms with Crippen molar-refractivity contribution in [1.82, 2.24) is 4.98 Å². The van der Waals surface area contributed by atoms with Gasteiger partial charge in [0.2, 0.25) is 0 Å². The fourth-order valence-electron chi connectivity index (χ4n) is 1.55. The van der Waals surface area contributed by atoms with E-state index in [0.717, 1.165) is 16.3 Å². The van der Waals surface area contributed by atoms with E-state index in [-0.39, 0.29) is 5.78 Å².